The maximum atomic E-state index is 6.11. The van der Waals surface area contributed by atoms with E-state index in [4.69, 9.17) is 9.47 Å². The van der Waals surface area contributed by atoms with Crippen molar-refractivity contribution in [2.45, 2.75) is 26.1 Å². The van der Waals surface area contributed by atoms with Crippen LogP contribution >= 0.6 is 0 Å². The first-order chi connectivity index (χ1) is 14.9. The van der Waals surface area contributed by atoms with Crippen LogP contribution < -0.4 is 14.8 Å². The van der Waals surface area contributed by atoms with Crippen LogP contribution in [0.25, 0.3) is 0 Å². The quantitative estimate of drug-likeness (QED) is 0.677. The number of benzene rings is 3. The highest BCUT2D eigenvalue weighted by atomic mass is 16.5. The Balaban J connectivity index is 1.51. The van der Waals surface area contributed by atoms with Crippen LogP contribution in [0.1, 0.15) is 23.1 Å². The highest BCUT2D eigenvalue weighted by Crippen LogP contribution is 2.22. The van der Waals surface area contributed by atoms with E-state index in [1.165, 1.54) is 16.7 Å². The average Bonchev–Trinajstić information content (AvgIpc) is 2.79. The van der Waals surface area contributed by atoms with Crippen molar-refractivity contribution in [3.05, 3.63) is 95.6 Å². The van der Waals surface area contributed by atoms with Crippen molar-refractivity contribution in [2.24, 2.45) is 0 Å². The van der Waals surface area contributed by atoms with Crippen LogP contribution in [0.2, 0.25) is 0 Å². The molecule has 0 bridgehead atoms. The van der Waals surface area contributed by atoms with Gasteiger partial charge in [-0.05, 0) is 30.7 Å². The molecule has 0 fully saturated rings. The molecule has 3 aromatic rings. The summed E-state index contributed by atoms with van der Waals surface area (Å²) in [5, 5.41) is 3.58. The van der Waals surface area contributed by atoms with Gasteiger partial charge in [-0.3, -0.25) is 4.90 Å². The molecule has 30 heavy (non-hydrogen) atoms. The highest BCUT2D eigenvalue weighted by Gasteiger charge is 2.12. The van der Waals surface area contributed by atoms with Gasteiger partial charge in [0.05, 0.1) is 0 Å². The largest absolute Gasteiger partial charge is 0.490 e. The van der Waals surface area contributed by atoms with E-state index >= 15 is 0 Å². The van der Waals surface area contributed by atoms with Crippen LogP contribution in [0.4, 0.5) is 0 Å². The lowest BCUT2D eigenvalue weighted by molar-refractivity contribution is 0.209. The highest BCUT2D eigenvalue weighted by molar-refractivity contribution is 5.34. The van der Waals surface area contributed by atoms with E-state index in [9.17, 15) is 0 Å². The number of hydrogen-bond donors (Lipinski definition) is 1. The summed E-state index contributed by atoms with van der Waals surface area (Å²) in [7, 11) is 0. The minimum Gasteiger partial charge on any atom is -0.490 e. The molecule has 0 radical (unpaired) electrons. The summed E-state index contributed by atoms with van der Waals surface area (Å²) in [6.45, 7) is 5.66. The predicted octanol–water partition coefficient (Wildman–Crippen LogP) is 4.64. The summed E-state index contributed by atoms with van der Waals surface area (Å²) in [5.41, 5.74) is 3.75. The fraction of sp³-hybridized carbons (Fsp3) is 0.308. The van der Waals surface area contributed by atoms with E-state index in [0.29, 0.717) is 13.2 Å². The third-order valence-electron chi connectivity index (χ3n) is 5.33. The molecule has 1 aliphatic heterocycles. The topological polar surface area (TPSA) is 33.7 Å². The van der Waals surface area contributed by atoms with Gasteiger partial charge in [-0.15, -0.1) is 0 Å². The Morgan fingerprint density at radius 3 is 2.13 bits per heavy atom. The van der Waals surface area contributed by atoms with Gasteiger partial charge < -0.3 is 14.8 Å². The molecule has 0 unspecified atom stereocenters. The summed E-state index contributed by atoms with van der Waals surface area (Å²) < 4.78 is 12.1. The Kier molecular flexibility index (Phi) is 7.37. The summed E-state index contributed by atoms with van der Waals surface area (Å²) >= 11 is 0. The van der Waals surface area contributed by atoms with Crippen LogP contribution in [-0.2, 0) is 19.6 Å². The Morgan fingerprint density at radius 2 is 1.37 bits per heavy atom. The maximum Gasteiger partial charge on any atom is 0.123 e. The van der Waals surface area contributed by atoms with Crippen molar-refractivity contribution in [1.29, 1.82) is 0 Å². The molecule has 156 valence electrons. The zero-order chi connectivity index (χ0) is 20.4. The monoisotopic (exact) mass is 402 g/mol. The molecule has 0 saturated carbocycles. The van der Waals surface area contributed by atoms with Crippen molar-refractivity contribution in [3.8, 4) is 11.5 Å². The third-order valence-corrected chi connectivity index (χ3v) is 5.33. The number of rotatable bonds is 2. The van der Waals surface area contributed by atoms with E-state index in [2.05, 4.69) is 70.9 Å². The molecule has 0 amide bonds. The van der Waals surface area contributed by atoms with Crippen LogP contribution in [0, 0.1) is 0 Å². The second-order valence-corrected chi connectivity index (χ2v) is 7.64. The van der Waals surface area contributed by atoms with Gasteiger partial charge in [-0.1, -0.05) is 66.7 Å². The lowest BCUT2D eigenvalue weighted by Crippen LogP contribution is -2.27. The minimum atomic E-state index is 0.525. The predicted molar refractivity (Wildman–Crippen MR) is 121 cm³/mol. The van der Waals surface area contributed by atoms with E-state index in [1.807, 2.05) is 18.2 Å². The van der Waals surface area contributed by atoms with Gasteiger partial charge in [0.2, 0.25) is 0 Å². The smallest absolute Gasteiger partial charge is 0.123 e. The van der Waals surface area contributed by atoms with Gasteiger partial charge >= 0.3 is 0 Å². The lowest BCUT2D eigenvalue weighted by Gasteiger charge is -2.24. The lowest BCUT2D eigenvalue weighted by atomic mass is 10.1. The molecule has 0 aromatic heterocycles. The van der Waals surface area contributed by atoms with Crippen molar-refractivity contribution < 1.29 is 9.47 Å². The SMILES string of the molecule is c1ccc(CN2CCCNCc3ccccc3OCCOc3ccccc3C2)cc1. The van der Waals surface area contributed by atoms with Crippen molar-refractivity contribution in [1.82, 2.24) is 10.2 Å². The molecule has 0 spiro atoms. The minimum absolute atomic E-state index is 0.525. The Labute approximate surface area is 179 Å². The summed E-state index contributed by atoms with van der Waals surface area (Å²) in [6.07, 6.45) is 1.08. The summed E-state index contributed by atoms with van der Waals surface area (Å²) in [4.78, 5) is 2.50. The molecule has 4 nitrogen and oxygen atoms in total. The summed E-state index contributed by atoms with van der Waals surface area (Å²) in [6, 6.07) is 27.3. The van der Waals surface area contributed by atoms with Crippen molar-refractivity contribution in [3.63, 3.8) is 0 Å². The zero-order valence-electron chi connectivity index (χ0n) is 17.4. The van der Waals surface area contributed by atoms with E-state index in [0.717, 1.165) is 50.6 Å². The molecule has 1 aliphatic rings. The number of para-hydroxylation sites is 2. The summed E-state index contributed by atoms with van der Waals surface area (Å²) in [5.74, 6) is 1.88. The number of ether oxygens (including phenoxy) is 2. The third kappa shape index (κ3) is 5.85. The zero-order valence-corrected chi connectivity index (χ0v) is 17.4. The molecule has 0 saturated heterocycles. The molecule has 4 rings (SSSR count). The van der Waals surface area contributed by atoms with E-state index in [-0.39, 0.29) is 0 Å². The number of fused-ring (bicyclic) bond motifs is 2. The molecule has 4 heteroatoms. The molecular weight excluding hydrogens is 372 g/mol. The first-order valence-electron chi connectivity index (χ1n) is 10.8. The Bertz CT molecular complexity index is 914. The molecule has 0 atom stereocenters. The van der Waals surface area contributed by atoms with Crippen LogP contribution in [0.15, 0.2) is 78.9 Å². The van der Waals surface area contributed by atoms with Crippen LogP contribution in [0.5, 0.6) is 11.5 Å². The van der Waals surface area contributed by atoms with E-state index in [1.54, 1.807) is 0 Å². The Hall–Kier alpha value is -2.82. The number of nitrogens with one attached hydrogen (secondary N) is 1. The van der Waals surface area contributed by atoms with Crippen molar-refractivity contribution >= 4 is 0 Å². The molecule has 3 aromatic carbocycles. The second kappa shape index (κ2) is 10.8. The average molecular weight is 403 g/mol. The van der Waals surface area contributed by atoms with Crippen LogP contribution in [0.3, 0.4) is 0 Å². The van der Waals surface area contributed by atoms with Gasteiger partial charge in [-0.2, -0.15) is 0 Å². The first kappa shape index (κ1) is 20.5. The number of nitrogens with zero attached hydrogens (tertiary/aromatic N) is 1. The van der Waals surface area contributed by atoms with Gasteiger partial charge in [0.15, 0.2) is 0 Å². The van der Waals surface area contributed by atoms with Gasteiger partial charge in [-0.25, -0.2) is 0 Å². The van der Waals surface area contributed by atoms with E-state index < -0.39 is 0 Å². The standard InChI is InChI=1S/C26H30N2O2/c1-2-9-22(10-3-1)20-28-16-8-15-27-19-23-11-4-6-13-25(23)29-17-18-30-26-14-7-5-12-24(26)21-28/h1-7,9-14,27H,8,15-21H2. The number of hydrogen-bond acceptors (Lipinski definition) is 4. The second-order valence-electron chi connectivity index (χ2n) is 7.64. The molecule has 1 heterocycles. The molecule has 0 aliphatic carbocycles. The van der Waals surface area contributed by atoms with Crippen molar-refractivity contribution in [2.75, 3.05) is 26.3 Å². The first-order valence-corrected chi connectivity index (χ1v) is 10.8. The Morgan fingerprint density at radius 1 is 0.733 bits per heavy atom. The fourth-order valence-electron chi connectivity index (χ4n) is 3.82. The van der Waals surface area contributed by atoms with Gasteiger partial charge in [0, 0.05) is 37.3 Å². The molecular formula is C26H30N2O2. The van der Waals surface area contributed by atoms with Gasteiger partial charge in [0.25, 0.3) is 0 Å². The van der Waals surface area contributed by atoms with Crippen LogP contribution in [-0.4, -0.2) is 31.2 Å². The van der Waals surface area contributed by atoms with Gasteiger partial charge in [0.1, 0.15) is 24.7 Å². The maximum absolute atomic E-state index is 6.11. The molecule has 1 N–H and O–H groups in total. The normalized spacial score (nSPS) is 16.1. The fourth-order valence-corrected chi connectivity index (χ4v) is 3.82.